The van der Waals surface area contributed by atoms with Crippen molar-refractivity contribution in [2.45, 2.75) is 6.92 Å². The fourth-order valence-electron chi connectivity index (χ4n) is 2.40. The van der Waals surface area contributed by atoms with E-state index < -0.39 is 11.8 Å². The van der Waals surface area contributed by atoms with Crippen molar-refractivity contribution in [2.24, 2.45) is 0 Å². The van der Waals surface area contributed by atoms with Crippen LogP contribution in [0.2, 0.25) is 5.02 Å². The lowest BCUT2D eigenvalue weighted by Crippen LogP contribution is -2.44. The highest BCUT2D eigenvalue weighted by Crippen LogP contribution is 2.33. The van der Waals surface area contributed by atoms with Crippen molar-refractivity contribution in [2.75, 3.05) is 6.61 Å². The van der Waals surface area contributed by atoms with E-state index in [2.05, 4.69) is 5.43 Å². The number of aromatic hydroxyl groups is 1. The number of rotatable bonds is 5. The molecule has 2 N–H and O–H groups in total. The van der Waals surface area contributed by atoms with Crippen LogP contribution in [0.5, 0.6) is 11.5 Å². The van der Waals surface area contributed by atoms with Gasteiger partial charge in [0.25, 0.3) is 11.8 Å². The molecule has 6 nitrogen and oxygen atoms in total. The van der Waals surface area contributed by atoms with Gasteiger partial charge in [-0.05, 0) is 61.1 Å². The maximum atomic E-state index is 12.7. The van der Waals surface area contributed by atoms with E-state index in [-0.39, 0.29) is 10.1 Å². The van der Waals surface area contributed by atoms with Crippen LogP contribution < -0.4 is 10.2 Å². The summed E-state index contributed by atoms with van der Waals surface area (Å²) < 4.78 is 5.55. The molecular formula is C19H15ClN2O4S2. The van der Waals surface area contributed by atoms with Crippen LogP contribution in [0.15, 0.2) is 47.4 Å². The van der Waals surface area contributed by atoms with Crippen LogP contribution in [0.3, 0.4) is 0 Å². The molecule has 2 aromatic rings. The topological polar surface area (TPSA) is 78.9 Å². The van der Waals surface area contributed by atoms with E-state index in [1.54, 1.807) is 43.3 Å². The first-order chi connectivity index (χ1) is 13.4. The van der Waals surface area contributed by atoms with Crippen LogP contribution in [0.1, 0.15) is 22.8 Å². The molecule has 0 atom stereocenters. The summed E-state index contributed by atoms with van der Waals surface area (Å²) in [4.78, 5) is 25.4. The molecule has 9 heteroatoms. The molecule has 3 rings (SSSR count). The Morgan fingerprint density at radius 1 is 1.36 bits per heavy atom. The summed E-state index contributed by atoms with van der Waals surface area (Å²) >= 11 is 12.2. The molecule has 0 spiro atoms. The highest BCUT2D eigenvalue weighted by Gasteiger charge is 2.33. The highest BCUT2D eigenvalue weighted by atomic mass is 35.5. The number of amides is 2. The monoisotopic (exact) mass is 434 g/mol. The van der Waals surface area contributed by atoms with Gasteiger partial charge in [-0.1, -0.05) is 35.5 Å². The number of ether oxygens (including phenoxy) is 1. The zero-order valence-corrected chi connectivity index (χ0v) is 17.0. The molecule has 2 amide bonds. The van der Waals surface area contributed by atoms with Crippen LogP contribution in [0, 0.1) is 0 Å². The second-order valence-corrected chi connectivity index (χ2v) is 7.74. The Hall–Kier alpha value is -2.55. The largest absolute Gasteiger partial charge is 0.504 e. The molecule has 0 aromatic heterocycles. The van der Waals surface area contributed by atoms with Gasteiger partial charge in [-0.2, -0.15) is 5.01 Å². The number of nitrogens with one attached hydrogen (secondary N) is 1. The van der Waals surface area contributed by atoms with Crippen LogP contribution in [0.25, 0.3) is 6.08 Å². The number of hydrogen-bond donors (Lipinski definition) is 2. The summed E-state index contributed by atoms with van der Waals surface area (Å²) in [5.41, 5.74) is 3.46. The summed E-state index contributed by atoms with van der Waals surface area (Å²) in [5.74, 6) is -0.610. The van der Waals surface area contributed by atoms with Crippen molar-refractivity contribution in [3.63, 3.8) is 0 Å². The molecule has 0 aliphatic carbocycles. The van der Waals surface area contributed by atoms with E-state index >= 15 is 0 Å². The van der Waals surface area contributed by atoms with E-state index in [0.29, 0.717) is 33.4 Å². The van der Waals surface area contributed by atoms with Gasteiger partial charge in [-0.3, -0.25) is 15.0 Å². The van der Waals surface area contributed by atoms with E-state index in [4.69, 9.17) is 28.6 Å². The summed E-state index contributed by atoms with van der Waals surface area (Å²) in [7, 11) is 0. The second-order valence-electron chi connectivity index (χ2n) is 5.63. The standard InChI is InChI=1S/C19H15ClN2O4S2/c1-2-26-15-8-11(6-7-14(15)23)9-16-18(25)22(19(27)28-16)21-17(24)12-4-3-5-13(20)10-12/h3-10,23H,2H2,1H3,(H,21,24). The Bertz CT molecular complexity index is 994. The molecular weight excluding hydrogens is 420 g/mol. The molecule has 0 radical (unpaired) electrons. The van der Waals surface area contributed by atoms with Gasteiger partial charge in [0.05, 0.1) is 11.5 Å². The van der Waals surface area contributed by atoms with E-state index in [9.17, 15) is 14.7 Å². The number of hydrogen-bond acceptors (Lipinski definition) is 6. The van der Waals surface area contributed by atoms with Gasteiger partial charge in [0, 0.05) is 10.6 Å². The molecule has 1 aliphatic rings. The molecule has 1 aliphatic heterocycles. The minimum atomic E-state index is -0.497. The van der Waals surface area contributed by atoms with Crippen LogP contribution in [-0.2, 0) is 4.79 Å². The number of hydrazine groups is 1. The van der Waals surface area contributed by atoms with Gasteiger partial charge >= 0.3 is 0 Å². The highest BCUT2D eigenvalue weighted by molar-refractivity contribution is 8.26. The first-order valence-electron chi connectivity index (χ1n) is 8.19. The van der Waals surface area contributed by atoms with Crippen molar-refractivity contribution < 1.29 is 19.4 Å². The average Bonchev–Trinajstić information content (AvgIpc) is 2.92. The molecule has 0 unspecified atom stereocenters. The predicted octanol–water partition coefficient (Wildman–Crippen LogP) is 3.99. The smallest absolute Gasteiger partial charge is 0.285 e. The number of thiocarbonyl (C=S) groups is 1. The maximum absolute atomic E-state index is 12.7. The molecule has 0 bridgehead atoms. The molecule has 1 fully saturated rings. The zero-order valence-electron chi connectivity index (χ0n) is 14.6. The number of carbonyl (C=O) groups excluding carboxylic acids is 2. The molecule has 1 saturated heterocycles. The van der Waals surface area contributed by atoms with Gasteiger partial charge in [0.1, 0.15) is 0 Å². The lowest BCUT2D eigenvalue weighted by Gasteiger charge is -2.15. The molecule has 0 saturated carbocycles. The van der Waals surface area contributed by atoms with Crippen molar-refractivity contribution in [1.29, 1.82) is 0 Å². The van der Waals surface area contributed by atoms with Gasteiger partial charge in [-0.15, -0.1) is 0 Å². The van der Waals surface area contributed by atoms with Crippen LogP contribution in [0.4, 0.5) is 0 Å². The molecule has 144 valence electrons. The van der Waals surface area contributed by atoms with Crippen molar-refractivity contribution in [3.05, 3.63) is 63.5 Å². The number of phenolic OH excluding ortho intramolecular Hbond substituents is 1. The Labute approximate surface area is 176 Å². The van der Waals surface area contributed by atoms with Crippen LogP contribution >= 0.6 is 35.6 Å². The normalized spacial score (nSPS) is 15.2. The molecule has 1 heterocycles. The second kappa shape index (κ2) is 8.64. The lowest BCUT2D eigenvalue weighted by atomic mass is 10.2. The third-order valence-corrected chi connectivity index (χ3v) is 5.21. The van der Waals surface area contributed by atoms with Crippen LogP contribution in [-0.4, -0.2) is 32.9 Å². The minimum Gasteiger partial charge on any atom is -0.504 e. The number of nitrogens with zero attached hydrogens (tertiary/aromatic N) is 1. The quantitative estimate of drug-likeness (QED) is 0.547. The number of carbonyl (C=O) groups is 2. The summed E-state index contributed by atoms with van der Waals surface area (Å²) in [6, 6.07) is 11.1. The number of phenols is 1. The van der Waals surface area contributed by atoms with Gasteiger partial charge in [-0.25, -0.2) is 0 Å². The zero-order chi connectivity index (χ0) is 20.3. The van der Waals surface area contributed by atoms with E-state index in [1.807, 2.05) is 0 Å². The summed E-state index contributed by atoms with van der Waals surface area (Å²) in [5, 5.41) is 11.2. The third-order valence-electron chi connectivity index (χ3n) is 3.68. The fourth-order valence-corrected chi connectivity index (χ4v) is 3.77. The van der Waals surface area contributed by atoms with Gasteiger partial charge < -0.3 is 9.84 Å². The Kier molecular flexibility index (Phi) is 6.23. The third kappa shape index (κ3) is 4.46. The van der Waals surface area contributed by atoms with Crippen molar-refractivity contribution in [1.82, 2.24) is 10.4 Å². The Morgan fingerprint density at radius 2 is 2.14 bits per heavy atom. The minimum absolute atomic E-state index is 0.0142. The Morgan fingerprint density at radius 3 is 2.86 bits per heavy atom. The Balaban J connectivity index is 1.79. The average molecular weight is 435 g/mol. The SMILES string of the molecule is CCOc1cc(C=C2SC(=S)N(NC(=O)c3cccc(Cl)c3)C2=O)ccc1O. The number of halogens is 1. The van der Waals surface area contributed by atoms with Gasteiger partial charge in [0.2, 0.25) is 0 Å². The van der Waals surface area contributed by atoms with E-state index in [1.165, 1.54) is 12.1 Å². The van der Waals surface area contributed by atoms with Crippen molar-refractivity contribution >= 4 is 57.8 Å². The number of thioether (sulfide) groups is 1. The number of benzene rings is 2. The van der Waals surface area contributed by atoms with Gasteiger partial charge in [0.15, 0.2) is 15.8 Å². The first-order valence-corrected chi connectivity index (χ1v) is 9.79. The van der Waals surface area contributed by atoms with Crippen molar-refractivity contribution in [3.8, 4) is 11.5 Å². The predicted molar refractivity (Wildman–Crippen MR) is 113 cm³/mol. The first kappa shape index (κ1) is 20.2. The fraction of sp³-hybridized carbons (Fsp3) is 0.105. The molecule has 2 aromatic carbocycles. The maximum Gasteiger partial charge on any atom is 0.285 e. The molecule has 28 heavy (non-hydrogen) atoms. The summed E-state index contributed by atoms with van der Waals surface area (Å²) in [6.07, 6.45) is 1.62. The summed E-state index contributed by atoms with van der Waals surface area (Å²) in [6.45, 7) is 2.20. The van der Waals surface area contributed by atoms with E-state index in [0.717, 1.165) is 16.8 Å². The lowest BCUT2D eigenvalue weighted by molar-refractivity contribution is -0.123.